The molecule has 0 atom stereocenters. The van der Waals surface area contributed by atoms with Crippen LogP contribution in [0.1, 0.15) is 5.56 Å². The van der Waals surface area contributed by atoms with E-state index in [0.29, 0.717) is 34.2 Å². The van der Waals surface area contributed by atoms with Crippen molar-refractivity contribution in [1.29, 1.82) is 0 Å². The summed E-state index contributed by atoms with van der Waals surface area (Å²) < 4.78 is 54.0. The lowest BCUT2D eigenvalue weighted by Crippen LogP contribution is -2.08. The molecule has 0 aliphatic carbocycles. The van der Waals surface area contributed by atoms with Gasteiger partial charge in [0.25, 0.3) is 0 Å². The fraction of sp³-hybridized carbons (Fsp3) is 0.238. The van der Waals surface area contributed by atoms with Crippen molar-refractivity contribution in [2.24, 2.45) is 0 Å². The van der Waals surface area contributed by atoms with Crippen molar-refractivity contribution in [1.82, 2.24) is 9.97 Å². The van der Waals surface area contributed by atoms with Crippen LogP contribution in [0.25, 0.3) is 0 Å². The zero-order chi connectivity index (χ0) is 24.2. The van der Waals surface area contributed by atoms with E-state index in [2.05, 4.69) is 20.6 Å². The molecule has 2 N–H and O–H groups in total. The van der Waals surface area contributed by atoms with E-state index in [4.69, 9.17) is 25.8 Å². The molecule has 12 heteroatoms. The van der Waals surface area contributed by atoms with Gasteiger partial charge in [-0.3, -0.25) is 0 Å². The summed E-state index contributed by atoms with van der Waals surface area (Å²) in [4.78, 5) is 8.13. The maximum atomic E-state index is 14.5. The molecule has 9 nitrogen and oxygen atoms in total. The molecular formula is C21H22ClFN4O5S. The molecule has 0 saturated carbocycles. The van der Waals surface area contributed by atoms with Gasteiger partial charge in [0.05, 0.1) is 33.3 Å². The van der Waals surface area contributed by atoms with Gasteiger partial charge in [0.1, 0.15) is 0 Å². The number of nitrogens with zero attached hydrogens (tertiary/aromatic N) is 2. The van der Waals surface area contributed by atoms with Gasteiger partial charge in [-0.15, -0.1) is 0 Å². The largest absolute Gasteiger partial charge is 0.493 e. The molecule has 0 spiro atoms. The Bertz CT molecular complexity index is 1250. The third-order valence-corrected chi connectivity index (χ3v) is 5.61. The van der Waals surface area contributed by atoms with Crippen LogP contribution in [0.5, 0.6) is 17.2 Å². The Morgan fingerprint density at radius 2 is 1.73 bits per heavy atom. The first-order chi connectivity index (χ1) is 15.6. The molecule has 3 aromatic rings. The summed E-state index contributed by atoms with van der Waals surface area (Å²) in [6.07, 6.45) is 2.07. The number of sulfone groups is 1. The smallest absolute Gasteiger partial charge is 0.229 e. The Hall–Kier alpha value is -3.31. The van der Waals surface area contributed by atoms with E-state index in [1.54, 1.807) is 30.3 Å². The van der Waals surface area contributed by atoms with Gasteiger partial charge in [0.15, 0.2) is 33.0 Å². The number of ether oxygens (including phenoxy) is 3. The van der Waals surface area contributed by atoms with Crippen LogP contribution in [0.3, 0.4) is 0 Å². The highest BCUT2D eigenvalue weighted by Crippen LogP contribution is 2.40. The van der Waals surface area contributed by atoms with Crippen LogP contribution >= 0.6 is 11.6 Å². The summed E-state index contributed by atoms with van der Waals surface area (Å²) in [6, 6.07) is 8.04. The number of rotatable bonds is 9. The third kappa shape index (κ3) is 5.93. The van der Waals surface area contributed by atoms with Gasteiger partial charge in [0.2, 0.25) is 11.7 Å². The third-order valence-electron chi connectivity index (χ3n) is 4.44. The van der Waals surface area contributed by atoms with E-state index in [1.165, 1.54) is 21.3 Å². The van der Waals surface area contributed by atoms with Crippen molar-refractivity contribution in [3.8, 4) is 17.2 Å². The molecule has 0 bridgehead atoms. The molecule has 0 aliphatic heterocycles. The normalized spacial score (nSPS) is 11.1. The quantitative estimate of drug-likeness (QED) is 0.447. The Kier molecular flexibility index (Phi) is 7.44. The Morgan fingerprint density at radius 3 is 2.30 bits per heavy atom. The van der Waals surface area contributed by atoms with Crippen LogP contribution in [0, 0.1) is 5.82 Å². The molecule has 2 aromatic carbocycles. The van der Waals surface area contributed by atoms with Gasteiger partial charge in [-0.25, -0.2) is 17.8 Å². The molecule has 1 heterocycles. The average Bonchev–Trinajstić information content (AvgIpc) is 2.76. The molecule has 0 unspecified atom stereocenters. The zero-order valence-corrected chi connectivity index (χ0v) is 19.8. The van der Waals surface area contributed by atoms with E-state index in [0.717, 1.165) is 12.5 Å². The first kappa shape index (κ1) is 24.3. The van der Waals surface area contributed by atoms with E-state index >= 15 is 0 Å². The number of anilines is 4. The highest BCUT2D eigenvalue weighted by Gasteiger charge is 2.17. The second-order valence-corrected chi connectivity index (χ2v) is 9.44. The van der Waals surface area contributed by atoms with Crippen LogP contribution in [-0.2, 0) is 15.6 Å². The molecule has 33 heavy (non-hydrogen) atoms. The number of halogens is 2. The Morgan fingerprint density at radius 1 is 1.06 bits per heavy atom. The fourth-order valence-electron chi connectivity index (χ4n) is 3.01. The second kappa shape index (κ2) is 10.1. The number of nitrogens with one attached hydrogen (secondary N) is 2. The highest BCUT2D eigenvalue weighted by atomic mass is 35.5. The number of methoxy groups -OCH3 is 3. The minimum absolute atomic E-state index is 0.0693. The fourth-order valence-corrected chi connectivity index (χ4v) is 4.17. The topological polar surface area (TPSA) is 112 Å². The Labute approximate surface area is 195 Å². The molecule has 0 saturated heterocycles. The van der Waals surface area contributed by atoms with Crippen molar-refractivity contribution >= 4 is 44.6 Å². The van der Waals surface area contributed by atoms with Crippen LogP contribution in [0.4, 0.5) is 27.5 Å². The minimum Gasteiger partial charge on any atom is -0.493 e. The van der Waals surface area contributed by atoms with Gasteiger partial charge < -0.3 is 24.8 Å². The lowest BCUT2D eigenvalue weighted by molar-refractivity contribution is 0.324. The van der Waals surface area contributed by atoms with Gasteiger partial charge in [-0.1, -0.05) is 17.7 Å². The molecule has 3 rings (SSSR count). The number of benzene rings is 2. The SMILES string of the molecule is COc1cc(Nc2ncc(F)c(Nc3cccc(Cl)c3CS(C)(=O)=O)n2)cc(OC)c1OC. The van der Waals surface area contributed by atoms with E-state index in [9.17, 15) is 12.8 Å². The van der Waals surface area contributed by atoms with Crippen LogP contribution < -0.4 is 24.8 Å². The molecular weight excluding hydrogens is 475 g/mol. The summed E-state index contributed by atoms with van der Waals surface area (Å²) in [6.45, 7) is 0. The average molecular weight is 497 g/mol. The number of aromatic nitrogens is 2. The van der Waals surface area contributed by atoms with Crippen molar-refractivity contribution in [2.75, 3.05) is 38.2 Å². The van der Waals surface area contributed by atoms with Gasteiger partial charge in [-0.05, 0) is 12.1 Å². The van der Waals surface area contributed by atoms with E-state index in [-0.39, 0.29) is 22.5 Å². The predicted octanol–water partition coefficient (Wildman–Crippen LogP) is 4.33. The summed E-state index contributed by atoms with van der Waals surface area (Å²) in [5.41, 5.74) is 1.12. The van der Waals surface area contributed by atoms with E-state index in [1.807, 2.05) is 0 Å². The lowest BCUT2D eigenvalue weighted by Gasteiger charge is -2.15. The van der Waals surface area contributed by atoms with E-state index < -0.39 is 15.7 Å². The number of hydrogen-bond donors (Lipinski definition) is 2. The van der Waals surface area contributed by atoms with Gasteiger partial charge >= 0.3 is 0 Å². The van der Waals surface area contributed by atoms with Crippen LogP contribution in [0.15, 0.2) is 36.5 Å². The standard InChI is InChI=1S/C21H22ClFN4O5S/c1-30-17-8-12(9-18(31-2)19(17)32-3)25-21-24-10-15(23)20(27-21)26-16-7-5-6-14(22)13(16)11-33(4,28)29/h5-10H,11H2,1-4H3,(H2,24,25,26,27). The first-order valence-corrected chi connectivity index (χ1v) is 11.9. The monoisotopic (exact) mass is 496 g/mol. The summed E-state index contributed by atoms with van der Waals surface area (Å²) in [5, 5.41) is 6.00. The first-order valence-electron chi connectivity index (χ1n) is 9.47. The summed E-state index contributed by atoms with van der Waals surface area (Å²) in [7, 11) is 1.06. The Balaban J connectivity index is 1.94. The van der Waals surface area contributed by atoms with Gasteiger partial charge in [-0.2, -0.15) is 4.98 Å². The summed E-state index contributed by atoms with van der Waals surface area (Å²) in [5.74, 6) is 0.0614. The molecule has 0 aliphatic rings. The maximum absolute atomic E-state index is 14.5. The predicted molar refractivity (Wildman–Crippen MR) is 125 cm³/mol. The van der Waals surface area contributed by atoms with Crippen molar-refractivity contribution in [2.45, 2.75) is 5.75 Å². The molecule has 0 amide bonds. The zero-order valence-electron chi connectivity index (χ0n) is 18.3. The summed E-state index contributed by atoms with van der Waals surface area (Å²) >= 11 is 6.18. The van der Waals surface area contributed by atoms with Gasteiger partial charge in [0, 0.05) is 40.3 Å². The maximum Gasteiger partial charge on any atom is 0.229 e. The van der Waals surface area contributed by atoms with Crippen molar-refractivity contribution in [3.63, 3.8) is 0 Å². The lowest BCUT2D eigenvalue weighted by atomic mass is 10.2. The molecule has 0 fully saturated rings. The minimum atomic E-state index is -3.39. The van der Waals surface area contributed by atoms with Crippen LogP contribution in [0.2, 0.25) is 5.02 Å². The second-order valence-electron chi connectivity index (χ2n) is 6.89. The van der Waals surface area contributed by atoms with Crippen LogP contribution in [-0.4, -0.2) is 46.0 Å². The highest BCUT2D eigenvalue weighted by molar-refractivity contribution is 7.89. The van der Waals surface area contributed by atoms with Crippen molar-refractivity contribution < 1.29 is 27.0 Å². The number of hydrogen-bond acceptors (Lipinski definition) is 9. The molecule has 176 valence electrons. The molecule has 1 aromatic heterocycles. The van der Waals surface area contributed by atoms with Crippen molar-refractivity contribution in [3.05, 3.63) is 52.9 Å². The molecule has 0 radical (unpaired) electrons.